The highest BCUT2D eigenvalue weighted by Crippen LogP contribution is 2.36. The minimum atomic E-state index is -1.16. The molecule has 3 amide bonds. The predicted molar refractivity (Wildman–Crippen MR) is 367 cm³/mol. The summed E-state index contributed by atoms with van der Waals surface area (Å²) in [5.41, 5.74) is 9.95. The monoisotopic (exact) mass is 1330 g/mol. The fourth-order valence-corrected chi connectivity index (χ4v) is 15.7. The van der Waals surface area contributed by atoms with Crippen molar-refractivity contribution in [3.05, 3.63) is 210 Å². The number of carbonyl (C=O) groups is 3. The summed E-state index contributed by atoms with van der Waals surface area (Å²) < 4.78 is 28.9. The average molecular weight is 1330 g/mol. The van der Waals surface area contributed by atoms with Gasteiger partial charge in [-0.2, -0.15) is 0 Å². The largest absolute Gasteiger partial charge is 0.386 e. The van der Waals surface area contributed by atoms with Crippen molar-refractivity contribution in [2.24, 2.45) is 17.8 Å². The molecule has 3 aliphatic heterocycles. The first-order valence-electron chi connectivity index (χ1n) is 33.7. The highest BCUT2D eigenvalue weighted by atomic mass is 35.5. The molecule has 3 fully saturated rings. The normalized spacial score (nSPS) is 18.9. The van der Waals surface area contributed by atoms with Gasteiger partial charge in [0.1, 0.15) is 29.9 Å². The summed E-state index contributed by atoms with van der Waals surface area (Å²) in [7, 11) is 0. The van der Waals surface area contributed by atoms with Crippen molar-refractivity contribution in [2.75, 3.05) is 58.9 Å². The van der Waals surface area contributed by atoms with Gasteiger partial charge < -0.3 is 46.0 Å². The Morgan fingerprint density at radius 3 is 1.19 bits per heavy atom. The lowest BCUT2D eigenvalue weighted by molar-refractivity contribution is -0.124. The van der Waals surface area contributed by atoms with Crippen LogP contribution >= 0.6 is 34.8 Å². The summed E-state index contributed by atoms with van der Waals surface area (Å²) >= 11 is 18.5. The maximum Gasteiger partial charge on any atom is 0.220 e. The van der Waals surface area contributed by atoms with E-state index in [0.29, 0.717) is 54.9 Å². The topological polar surface area (TPSA) is 158 Å². The summed E-state index contributed by atoms with van der Waals surface area (Å²) in [5, 5.41) is 43.4. The van der Waals surface area contributed by atoms with E-state index in [4.69, 9.17) is 34.8 Å². The van der Waals surface area contributed by atoms with Gasteiger partial charge in [0.05, 0.1) is 23.1 Å². The molecule has 12 rings (SSSR count). The van der Waals surface area contributed by atoms with Gasteiger partial charge in [-0.15, -0.1) is 0 Å². The van der Waals surface area contributed by atoms with Gasteiger partial charge in [-0.05, 0) is 214 Å². The molecular formula is C76H93Cl3F2N6O6. The quantitative estimate of drug-likeness (QED) is 0.0413. The molecule has 6 aliphatic rings. The molecule has 0 unspecified atom stereocenters. The highest BCUT2D eigenvalue weighted by Gasteiger charge is 2.35. The van der Waals surface area contributed by atoms with Crippen molar-refractivity contribution in [3.63, 3.8) is 0 Å². The van der Waals surface area contributed by atoms with E-state index < -0.39 is 42.0 Å². The van der Waals surface area contributed by atoms with Crippen LogP contribution in [0.25, 0.3) is 0 Å². The van der Waals surface area contributed by atoms with E-state index >= 15 is 0 Å². The molecule has 0 spiro atoms. The Morgan fingerprint density at radius 1 is 0.462 bits per heavy atom. The number of benzene rings is 6. The molecule has 0 aromatic heterocycles. The SMILES string of the molecule is CC(C)(C)c1ccc([C@@H](O)[C@@H](CN2CCCC2)NC(=O)CC2Cc3ccccc3C2)cc1Cl.O=C(CC1Cc2ccccc2C1)N[C@H](CN1CCCC1)[C@H](O)c1cc(Cl)ccc1F.O=C(CC1Cc2ccccc2C1)N[C@H](CN1CCCC1)[C@H](O)c1cccc(Cl)c1F. The Balaban J connectivity index is 0.000000153. The number of carbonyl (C=O) groups excluding carboxylic acids is 3. The molecule has 6 N–H and O–H groups in total. The van der Waals surface area contributed by atoms with Crippen LogP contribution < -0.4 is 16.0 Å². The van der Waals surface area contributed by atoms with Crippen molar-refractivity contribution in [3.8, 4) is 0 Å². The summed E-state index contributed by atoms with van der Waals surface area (Å²) in [6.07, 6.45) is 10.4. The number of aliphatic hydroxyl groups excluding tert-OH is 3. The average Bonchev–Trinajstić information content (AvgIpc) is 1.82. The standard InChI is InChI=1S/C28H37ClN2O2.2C24H28ClFN2O2/c1-28(2,3)23-11-10-22(17-24(23)29)27(33)25(18-31-12-6-7-13-31)30-26(32)16-19-14-20-8-4-5-9-21(20)15-19;25-20-9-5-8-19(23(20)26)24(30)21(15-28-10-3-4-11-28)27-22(29)14-16-12-17-6-1-2-7-18(17)13-16;25-19-7-8-21(26)20(14-19)24(30)22(15-28-9-3-4-10-28)27-23(29)13-16-11-17-5-1-2-6-18(17)12-16/h4-5,8-11,17,19,25,27,33H,6-7,12-16,18H2,1-3H3,(H,30,32);1-2,5-9,16,21,24,30H,3-4,10-15H2,(H,27,29);1-2,5-8,14,16,22,24,30H,3-4,9-13,15H2,(H,27,29)/t25-,27-;21-,24-;22-,24-/m111/s1. The van der Waals surface area contributed by atoms with E-state index in [0.717, 1.165) is 115 Å². The minimum absolute atomic E-state index is 0.0217. The van der Waals surface area contributed by atoms with Crippen molar-refractivity contribution in [2.45, 2.75) is 159 Å². The Labute approximate surface area is 563 Å². The van der Waals surface area contributed by atoms with Gasteiger partial charge in [0.25, 0.3) is 0 Å². The van der Waals surface area contributed by atoms with Crippen LogP contribution in [0.3, 0.4) is 0 Å². The molecule has 93 heavy (non-hydrogen) atoms. The van der Waals surface area contributed by atoms with E-state index in [-0.39, 0.29) is 57.2 Å². The van der Waals surface area contributed by atoms with Crippen LogP contribution in [-0.4, -0.2) is 125 Å². The number of aliphatic hydroxyl groups is 3. The lowest BCUT2D eigenvalue weighted by atomic mass is 9.86. The van der Waals surface area contributed by atoms with E-state index in [1.54, 1.807) is 6.07 Å². The van der Waals surface area contributed by atoms with Gasteiger partial charge >= 0.3 is 0 Å². The number of rotatable bonds is 21. The zero-order valence-electron chi connectivity index (χ0n) is 54.1. The Kier molecular flexibility index (Phi) is 24.7. The van der Waals surface area contributed by atoms with E-state index in [9.17, 15) is 38.5 Å². The van der Waals surface area contributed by atoms with Gasteiger partial charge in [-0.25, -0.2) is 8.78 Å². The van der Waals surface area contributed by atoms with E-state index in [1.807, 2.05) is 42.5 Å². The number of amides is 3. The molecule has 3 saturated heterocycles. The number of hydrogen-bond donors (Lipinski definition) is 6. The lowest BCUT2D eigenvalue weighted by Gasteiger charge is -2.30. The third-order valence-corrected chi connectivity index (χ3v) is 20.5. The van der Waals surface area contributed by atoms with E-state index in [2.05, 4.69) is 100.0 Å². The molecule has 3 aliphatic carbocycles. The maximum atomic E-state index is 14.5. The second-order valence-corrected chi connectivity index (χ2v) is 29.2. The fourth-order valence-electron chi connectivity index (χ4n) is 14.8. The second kappa shape index (κ2) is 32.8. The molecule has 0 bridgehead atoms. The van der Waals surface area contributed by atoms with Crippen molar-refractivity contribution >= 4 is 52.5 Å². The maximum absolute atomic E-state index is 14.5. The number of fused-ring (bicyclic) bond motifs is 3. The molecule has 6 aromatic carbocycles. The van der Waals surface area contributed by atoms with Crippen LogP contribution in [0.1, 0.15) is 153 Å². The van der Waals surface area contributed by atoms with Crippen LogP contribution in [-0.2, 0) is 58.3 Å². The number of likely N-dealkylation sites (tertiary alicyclic amines) is 3. The molecule has 0 saturated carbocycles. The summed E-state index contributed by atoms with van der Waals surface area (Å²) in [4.78, 5) is 45.5. The van der Waals surface area contributed by atoms with Gasteiger partial charge in [0.2, 0.25) is 17.7 Å². The van der Waals surface area contributed by atoms with Crippen LogP contribution in [0.4, 0.5) is 8.78 Å². The molecular weight excluding hydrogens is 1240 g/mol. The van der Waals surface area contributed by atoms with Crippen molar-refractivity contribution in [1.82, 2.24) is 30.7 Å². The van der Waals surface area contributed by atoms with Crippen molar-refractivity contribution < 1.29 is 38.5 Å². The van der Waals surface area contributed by atoms with Crippen molar-refractivity contribution in [1.29, 1.82) is 0 Å². The highest BCUT2D eigenvalue weighted by molar-refractivity contribution is 6.31. The van der Waals surface area contributed by atoms with Gasteiger partial charge in [0, 0.05) is 60.1 Å². The van der Waals surface area contributed by atoms with Crippen LogP contribution in [0.2, 0.25) is 15.1 Å². The van der Waals surface area contributed by atoms with Gasteiger partial charge in [-0.1, -0.05) is 153 Å². The Hall–Kier alpha value is -5.78. The number of nitrogens with one attached hydrogen (secondary N) is 3. The predicted octanol–water partition coefficient (Wildman–Crippen LogP) is 12.9. The molecule has 17 heteroatoms. The Bertz CT molecular complexity index is 3330. The minimum Gasteiger partial charge on any atom is -0.386 e. The molecule has 0 radical (unpaired) electrons. The zero-order chi connectivity index (χ0) is 65.8. The zero-order valence-corrected chi connectivity index (χ0v) is 56.4. The molecule has 6 atom stereocenters. The molecule has 498 valence electrons. The Morgan fingerprint density at radius 2 is 0.828 bits per heavy atom. The van der Waals surface area contributed by atoms with Gasteiger partial charge in [-0.3, -0.25) is 14.4 Å². The summed E-state index contributed by atoms with van der Waals surface area (Å²) in [5.74, 6) is -0.472. The van der Waals surface area contributed by atoms with Crippen LogP contribution in [0, 0.1) is 29.4 Å². The first kappa shape index (κ1) is 70.0. The van der Waals surface area contributed by atoms with Crippen LogP contribution in [0.5, 0.6) is 0 Å². The summed E-state index contributed by atoms with van der Waals surface area (Å²) in [6.45, 7) is 13.7. The molecule has 6 aromatic rings. The smallest absolute Gasteiger partial charge is 0.220 e. The second-order valence-electron chi connectivity index (χ2n) is 27.9. The van der Waals surface area contributed by atoms with Crippen LogP contribution in [0.15, 0.2) is 127 Å². The number of nitrogens with zero attached hydrogens (tertiary/aromatic N) is 3. The summed E-state index contributed by atoms with van der Waals surface area (Å²) in [6, 6.07) is 38.1. The lowest BCUT2D eigenvalue weighted by Crippen LogP contribution is -2.47. The molecule has 3 heterocycles. The molecule has 12 nitrogen and oxygen atoms in total. The first-order chi connectivity index (χ1) is 44.7. The fraction of sp³-hybridized carbons (Fsp3) is 0.487. The third kappa shape index (κ3) is 19.3. The number of hydrogen-bond acceptors (Lipinski definition) is 9. The first-order valence-corrected chi connectivity index (χ1v) is 34.8. The number of halogens is 5. The van der Waals surface area contributed by atoms with E-state index in [1.165, 1.54) is 76.6 Å². The third-order valence-electron chi connectivity index (χ3n) is 19.7. The van der Waals surface area contributed by atoms with Gasteiger partial charge in [0.15, 0.2) is 0 Å².